The SMILES string of the molecule is COc1ccc(-c2ncc3c(=S)nc[nH]c3n2)cc1. The van der Waals surface area contributed by atoms with Crippen LogP contribution in [0.4, 0.5) is 0 Å². The molecule has 0 aliphatic rings. The number of ether oxygens (including phenoxy) is 1. The Labute approximate surface area is 114 Å². The van der Waals surface area contributed by atoms with Crippen LogP contribution in [0, 0.1) is 4.64 Å². The Kier molecular flexibility index (Phi) is 2.92. The molecule has 0 amide bonds. The predicted octanol–water partition coefficient (Wildman–Crippen LogP) is 2.76. The van der Waals surface area contributed by atoms with Crippen LogP contribution in [0.1, 0.15) is 0 Å². The van der Waals surface area contributed by atoms with Gasteiger partial charge < -0.3 is 9.72 Å². The zero-order valence-electron chi connectivity index (χ0n) is 10.1. The smallest absolute Gasteiger partial charge is 0.161 e. The fourth-order valence-corrected chi connectivity index (χ4v) is 1.95. The largest absolute Gasteiger partial charge is 0.497 e. The van der Waals surface area contributed by atoms with Crippen molar-refractivity contribution >= 4 is 23.3 Å². The number of nitrogens with zero attached hydrogens (tertiary/aromatic N) is 3. The number of nitrogens with one attached hydrogen (secondary N) is 1. The topological polar surface area (TPSA) is 63.7 Å². The summed E-state index contributed by atoms with van der Waals surface area (Å²) in [5.41, 5.74) is 1.60. The number of H-pyrrole nitrogens is 1. The van der Waals surface area contributed by atoms with Crippen LogP contribution in [0.15, 0.2) is 36.8 Å². The molecule has 6 heteroatoms. The van der Waals surface area contributed by atoms with Gasteiger partial charge in [-0.15, -0.1) is 0 Å². The Morgan fingerprint density at radius 1 is 1.16 bits per heavy atom. The molecule has 94 valence electrons. The summed E-state index contributed by atoms with van der Waals surface area (Å²) >= 11 is 5.12. The molecule has 0 unspecified atom stereocenters. The third-order valence-corrected chi connectivity index (χ3v) is 3.08. The lowest BCUT2D eigenvalue weighted by Gasteiger charge is -2.03. The second-order valence-electron chi connectivity index (χ2n) is 3.89. The van der Waals surface area contributed by atoms with Crippen molar-refractivity contribution in [3.63, 3.8) is 0 Å². The molecule has 0 atom stereocenters. The van der Waals surface area contributed by atoms with Gasteiger partial charge in [0.1, 0.15) is 16.0 Å². The van der Waals surface area contributed by atoms with Crippen molar-refractivity contribution in [2.24, 2.45) is 0 Å². The maximum Gasteiger partial charge on any atom is 0.161 e. The molecule has 3 rings (SSSR count). The van der Waals surface area contributed by atoms with E-state index in [2.05, 4.69) is 19.9 Å². The summed E-state index contributed by atoms with van der Waals surface area (Å²) in [5.74, 6) is 1.43. The average molecular weight is 270 g/mol. The summed E-state index contributed by atoms with van der Waals surface area (Å²) in [4.78, 5) is 15.7. The second kappa shape index (κ2) is 4.74. The molecule has 3 aromatic rings. The Bertz CT molecular complexity index is 783. The highest BCUT2D eigenvalue weighted by Crippen LogP contribution is 2.20. The number of aromatic amines is 1. The molecule has 0 saturated heterocycles. The molecule has 0 radical (unpaired) electrons. The van der Waals surface area contributed by atoms with Crippen molar-refractivity contribution in [3.05, 3.63) is 41.4 Å². The van der Waals surface area contributed by atoms with E-state index in [1.54, 1.807) is 13.3 Å². The minimum atomic E-state index is 0.495. The Morgan fingerprint density at radius 3 is 2.68 bits per heavy atom. The van der Waals surface area contributed by atoms with E-state index in [1.165, 1.54) is 6.33 Å². The summed E-state index contributed by atoms with van der Waals surface area (Å²) in [6, 6.07) is 7.57. The van der Waals surface area contributed by atoms with E-state index >= 15 is 0 Å². The van der Waals surface area contributed by atoms with Gasteiger partial charge in [-0.2, -0.15) is 0 Å². The molecule has 0 aliphatic heterocycles. The average Bonchev–Trinajstić information content (AvgIpc) is 2.47. The number of hydrogen-bond acceptors (Lipinski definition) is 5. The standard InChI is InChI=1S/C13H10N4OS/c1-18-9-4-2-8(3-5-9)11-14-6-10-12(17-11)15-7-16-13(10)19/h2-7H,1H3,(H,14,15,16,17,19). The number of benzene rings is 1. The maximum atomic E-state index is 5.12. The van der Waals surface area contributed by atoms with Crippen LogP contribution < -0.4 is 4.74 Å². The minimum absolute atomic E-state index is 0.495. The van der Waals surface area contributed by atoms with Gasteiger partial charge in [0.2, 0.25) is 0 Å². The first kappa shape index (κ1) is 11.7. The zero-order chi connectivity index (χ0) is 13.2. The lowest BCUT2D eigenvalue weighted by molar-refractivity contribution is 0.415. The van der Waals surface area contributed by atoms with Crippen LogP contribution in [0.3, 0.4) is 0 Å². The van der Waals surface area contributed by atoms with Gasteiger partial charge in [0, 0.05) is 11.8 Å². The van der Waals surface area contributed by atoms with Gasteiger partial charge >= 0.3 is 0 Å². The molecule has 1 N–H and O–H groups in total. The monoisotopic (exact) mass is 270 g/mol. The van der Waals surface area contributed by atoms with Gasteiger partial charge in [0.05, 0.1) is 18.8 Å². The van der Waals surface area contributed by atoms with Crippen LogP contribution in [0.2, 0.25) is 0 Å². The van der Waals surface area contributed by atoms with Crippen LogP contribution in [-0.4, -0.2) is 27.0 Å². The minimum Gasteiger partial charge on any atom is -0.497 e. The molecular formula is C13H10N4OS. The number of rotatable bonds is 2. The molecule has 1 aromatic carbocycles. The molecule has 2 aromatic heterocycles. The Hall–Kier alpha value is -2.34. The van der Waals surface area contributed by atoms with Crippen LogP contribution in [-0.2, 0) is 0 Å². The van der Waals surface area contributed by atoms with E-state index in [0.717, 1.165) is 16.7 Å². The van der Waals surface area contributed by atoms with Crippen molar-refractivity contribution < 1.29 is 4.74 Å². The molecule has 2 heterocycles. The molecule has 0 fully saturated rings. The number of methoxy groups -OCH3 is 1. The second-order valence-corrected chi connectivity index (χ2v) is 4.28. The highest BCUT2D eigenvalue weighted by atomic mass is 32.1. The van der Waals surface area contributed by atoms with Gasteiger partial charge in [-0.1, -0.05) is 12.2 Å². The van der Waals surface area contributed by atoms with E-state index in [4.69, 9.17) is 17.0 Å². The third-order valence-electron chi connectivity index (χ3n) is 2.75. The summed E-state index contributed by atoms with van der Waals surface area (Å²) in [6.07, 6.45) is 3.23. The first-order valence-corrected chi connectivity index (χ1v) is 6.03. The first-order valence-electron chi connectivity index (χ1n) is 5.63. The fraction of sp³-hybridized carbons (Fsp3) is 0.0769. The van der Waals surface area contributed by atoms with E-state index in [9.17, 15) is 0 Å². The van der Waals surface area contributed by atoms with Crippen LogP contribution in [0.25, 0.3) is 22.4 Å². The van der Waals surface area contributed by atoms with Crippen molar-refractivity contribution in [1.82, 2.24) is 19.9 Å². The highest BCUT2D eigenvalue weighted by molar-refractivity contribution is 7.71. The molecule has 0 bridgehead atoms. The lowest BCUT2D eigenvalue weighted by atomic mass is 10.2. The summed E-state index contributed by atoms with van der Waals surface area (Å²) in [7, 11) is 1.63. The highest BCUT2D eigenvalue weighted by Gasteiger charge is 2.04. The van der Waals surface area contributed by atoms with Crippen LogP contribution >= 0.6 is 12.2 Å². The van der Waals surface area contributed by atoms with E-state index < -0.39 is 0 Å². The molecule has 0 saturated carbocycles. The molecule has 0 aliphatic carbocycles. The van der Waals surface area contributed by atoms with Gasteiger partial charge in [-0.05, 0) is 24.3 Å². The quantitative estimate of drug-likeness (QED) is 0.725. The third kappa shape index (κ3) is 2.17. The molecule has 5 nitrogen and oxygen atoms in total. The molecule has 19 heavy (non-hydrogen) atoms. The maximum absolute atomic E-state index is 5.12. The van der Waals surface area contributed by atoms with Crippen molar-refractivity contribution in [1.29, 1.82) is 0 Å². The van der Waals surface area contributed by atoms with Crippen molar-refractivity contribution in [2.45, 2.75) is 0 Å². The van der Waals surface area contributed by atoms with Crippen molar-refractivity contribution in [2.75, 3.05) is 7.11 Å². The van der Waals surface area contributed by atoms with Crippen molar-refractivity contribution in [3.8, 4) is 17.1 Å². The van der Waals surface area contributed by atoms with Crippen LogP contribution in [0.5, 0.6) is 5.75 Å². The summed E-state index contributed by atoms with van der Waals surface area (Å²) in [6.45, 7) is 0. The normalized spacial score (nSPS) is 10.6. The molecule has 0 spiro atoms. The number of hydrogen-bond donors (Lipinski definition) is 1. The summed E-state index contributed by atoms with van der Waals surface area (Å²) in [5, 5.41) is 0.745. The molecular weight excluding hydrogens is 260 g/mol. The Morgan fingerprint density at radius 2 is 1.95 bits per heavy atom. The Balaban J connectivity index is 2.12. The van der Waals surface area contributed by atoms with Gasteiger partial charge in [-0.25, -0.2) is 15.0 Å². The number of aromatic nitrogens is 4. The van der Waals surface area contributed by atoms with E-state index in [0.29, 0.717) is 16.1 Å². The zero-order valence-corrected chi connectivity index (χ0v) is 10.9. The van der Waals surface area contributed by atoms with E-state index in [1.807, 2.05) is 24.3 Å². The fourth-order valence-electron chi connectivity index (χ4n) is 1.75. The predicted molar refractivity (Wildman–Crippen MR) is 74.5 cm³/mol. The van der Waals surface area contributed by atoms with Gasteiger partial charge in [0.25, 0.3) is 0 Å². The van der Waals surface area contributed by atoms with Gasteiger partial charge in [0.15, 0.2) is 5.82 Å². The lowest BCUT2D eigenvalue weighted by Crippen LogP contribution is -1.93. The first-order chi connectivity index (χ1) is 9.28. The van der Waals surface area contributed by atoms with Gasteiger partial charge in [-0.3, -0.25) is 0 Å². The number of fused-ring (bicyclic) bond motifs is 1. The summed E-state index contributed by atoms with van der Waals surface area (Å²) < 4.78 is 5.62. The van der Waals surface area contributed by atoms with E-state index in [-0.39, 0.29) is 0 Å².